The number of nitrogens with one attached hydrogen (secondary N) is 4. The van der Waals surface area contributed by atoms with Crippen LogP contribution in [0.25, 0.3) is 10.8 Å². The van der Waals surface area contributed by atoms with Crippen LogP contribution in [0.15, 0.2) is 55.0 Å². The van der Waals surface area contributed by atoms with E-state index in [1.807, 2.05) is 52.0 Å². The lowest BCUT2D eigenvalue weighted by Gasteiger charge is -2.37. The molecule has 4 N–H and O–H groups in total. The van der Waals surface area contributed by atoms with E-state index in [0.717, 1.165) is 55.7 Å². The molecule has 3 fully saturated rings. The lowest BCUT2D eigenvalue weighted by atomic mass is 9.82. The van der Waals surface area contributed by atoms with E-state index in [9.17, 15) is 28.8 Å². The van der Waals surface area contributed by atoms with E-state index in [1.54, 1.807) is 19.2 Å². The molecule has 0 bridgehead atoms. The Morgan fingerprint density at radius 2 is 1.58 bits per heavy atom. The number of carbonyl (C=O) groups excluding carboxylic acids is 6. The predicted octanol–water partition coefficient (Wildman–Crippen LogP) is 4.03. The topological polar surface area (TPSA) is 198 Å². The number of aromatic nitrogens is 2. The van der Waals surface area contributed by atoms with Gasteiger partial charge in [0.25, 0.3) is 11.8 Å². The number of amides is 5. The molecule has 0 spiro atoms. The van der Waals surface area contributed by atoms with Gasteiger partial charge in [-0.25, -0.2) is 4.98 Å². The normalized spacial score (nSPS) is 19.8. The first kappa shape index (κ1) is 43.0. The van der Waals surface area contributed by atoms with Crippen molar-refractivity contribution in [1.82, 2.24) is 36.1 Å². The molecule has 5 atom stereocenters. The molecule has 2 aromatic carbocycles. The van der Waals surface area contributed by atoms with Gasteiger partial charge in [0.05, 0.1) is 25.9 Å². The Labute approximate surface area is 345 Å². The number of Topliss-reactive ketones (excluding diaryl/α,β-unsaturated/α-hetero) is 1. The summed E-state index contributed by atoms with van der Waals surface area (Å²) in [5.74, 6) is -2.66. The van der Waals surface area contributed by atoms with Gasteiger partial charge in [0.1, 0.15) is 41.4 Å². The number of fused-ring (bicyclic) bond motifs is 1. The number of hydrogen-bond acceptors (Lipinski definition) is 10. The molecule has 6 rings (SSSR count). The van der Waals surface area contributed by atoms with E-state index >= 15 is 0 Å². The third-order valence-corrected chi connectivity index (χ3v) is 11.4. The molecule has 2 heterocycles. The summed E-state index contributed by atoms with van der Waals surface area (Å²) < 4.78 is 12.2. The van der Waals surface area contributed by atoms with Gasteiger partial charge in [-0.1, -0.05) is 77.6 Å². The summed E-state index contributed by atoms with van der Waals surface area (Å²) in [4.78, 5) is 92.8. The standard InChI is InChI=1S/C44H57N7O8/c1-6-12-31(37(52)42(56)47-27-17-18-27)48-40(54)33-23-28(59-35-20-19-34(58-5)29-15-10-11-16-30(29)35)25-51(33)43(57)38(44(2,3)4)50-41(55)36(26-13-8-7-9-14-26)49-39(53)32-24-45-21-22-46-32/h10-11,15-16,19-22,24,26-28,31,33,36,38H,6-9,12-14,17-18,23,25H2,1-5H3,(H,47,56)(H,48,54)(H,49,53)(H,50,55)/t28-,31+,33+,36+,38-/m1/s1. The van der Waals surface area contributed by atoms with Crippen LogP contribution in [0, 0.1) is 11.3 Å². The fraction of sp³-hybridized carbons (Fsp3) is 0.545. The Hall–Kier alpha value is -5.60. The van der Waals surface area contributed by atoms with E-state index in [0.29, 0.717) is 17.9 Å². The summed E-state index contributed by atoms with van der Waals surface area (Å²) in [5.41, 5.74) is -0.789. The number of ether oxygens (including phenoxy) is 2. The number of nitrogens with zero attached hydrogens (tertiary/aromatic N) is 3. The third kappa shape index (κ3) is 10.5. The van der Waals surface area contributed by atoms with E-state index in [2.05, 4.69) is 31.2 Å². The summed E-state index contributed by atoms with van der Waals surface area (Å²) in [6, 6.07) is 6.84. The van der Waals surface area contributed by atoms with Gasteiger partial charge < -0.3 is 35.6 Å². The van der Waals surface area contributed by atoms with Crippen LogP contribution in [-0.4, -0.2) is 100 Å². The third-order valence-electron chi connectivity index (χ3n) is 11.4. The number of hydrogen-bond donors (Lipinski definition) is 4. The van der Waals surface area contributed by atoms with Crippen LogP contribution in [0.4, 0.5) is 0 Å². The molecule has 15 nitrogen and oxygen atoms in total. The van der Waals surface area contributed by atoms with Gasteiger partial charge in [-0.05, 0) is 55.6 Å². The molecule has 1 aromatic heterocycles. The Morgan fingerprint density at radius 1 is 0.881 bits per heavy atom. The van der Waals surface area contributed by atoms with Gasteiger partial charge in [0, 0.05) is 35.6 Å². The summed E-state index contributed by atoms with van der Waals surface area (Å²) in [7, 11) is 1.59. The Bertz CT molecular complexity index is 2010. The van der Waals surface area contributed by atoms with Crippen molar-refractivity contribution in [3.63, 3.8) is 0 Å². The predicted molar refractivity (Wildman–Crippen MR) is 219 cm³/mol. The zero-order valence-corrected chi connectivity index (χ0v) is 34.6. The molecule has 59 heavy (non-hydrogen) atoms. The lowest BCUT2D eigenvalue weighted by Crippen LogP contribution is -2.62. The van der Waals surface area contributed by atoms with Crippen LogP contribution < -0.4 is 30.7 Å². The first-order chi connectivity index (χ1) is 28.3. The number of likely N-dealkylation sites (tertiary alicyclic amines) is 1. The average molecular weight is 812 g/mol. The lowest BCUT2D eigenvalue weighted by molar-refractivity contribution is -0.145. The Balaban J connectivity index is 1.29. The van der Waals surface area contributed by atoms with Crippen molar-refractivity contribution >= 4 is 46.1 Å². The smallest absolute Gasteiger partial charge is 0.289 e. The number of methoxy groups -OCH3 is 1. The van der Waals surface area contributed by atoms with Crippen LogP contribution in [0.3, 0.4) is 0 Å². The highest BCUT2D eigenvalue weighted by atomic mass is 16.5. The Morgan fingerprint density at radius 3 is 2.20 bits per heavy atom. The second-order valence-electron chi connectivity index (χ2n) is 17.0. The SMILES string of the molecule is CCC[C@H](NC(=O)[C@@H]1C[C@@H](Oc2ccc(OC)c3ccccc23)CN1C(=O)[C@@H](NC(=O)[C@@H](NC(=O)c1cnccn1)C1CCCCC1)C(C)(C)C)C(=O)C(=O)NC1CC1. The molecule has 0 unspecified atom stereocenters. The fourth-order valence-corrected chi connectivity index (χ4v) is 8.09. The molecule has 0 radical (unpaired) electrons. The number of rotatable bonds is 16. The van der Waals surface area contributed by atoms with Gasteiger partial charge >= 0.3 is 0 Å². The zero-order chi connectivity index (χ0) is 42.3. The van der Waals surface area contributed by atoms with Crippen LogP contribution in [0.2, 0.25) is 0 Å². The van der Waals surface area contributed by atoms with Gasteiger partial charge in [-0.2, -0.15) is 0 Å². The molecular weight excluding hydrogens is 755 g/mol. The average Bonchev–Trinajstić information content (AvgIpc) is 3.96. The molecule has 15 heteroatoms. The van der Waals surface area contributed by atoms with Crippen LogP contribution >= 0.6 is 0 Å². The van der Waals surface area contributed by atoms with E-state index in [-0.39, 0.29) is 37.0 Å². The molecule has 2 saturated carbocycles. The zero-order valence-electron chi connectivity index (χ0n) is 34.6. The minimum Gasteiger partial charge on any atom is -0.496 e. The van der Waals surface area contributed by atoms with Crippen molar-refractivity contribution in [3.05, 3.63) is 60.7 Å². The minimum atomic E-state index is -1.14. The first-order valence-electron chi connectivity index (χ1n) is 20.8. The number of benzene rings is 2. The molecule has 3 aromatic rings. The maximum Gasteiger partial charge on any atom is 0.289 e. The van der Waals surface area contributed by atoms with Crippen LogP contribution in [0.5, 0.6) is 11.5 Å². The van der Waals surface area contributed by atoms with Gasteiger partial charge in [-0.3, -0.25) is 33.8 Å². The summed E-state index contributed by atoms with van der Waals surface area (Å²) in [6.07, 6.45) is 10.2. The van der Waals surface area contributed by atoms with Gasteiger partial charge in [0.2, 0.25) is 23.5 Å². The largest absolute Gasteiger partial charge is 0.496 e. The molecule has 1 aliphatic heterocycles. The highest BCUT2D eigenvalue weighted by Crippen LogP contribution is 2.36. The summed E-state index contributed by atoms with van der Waals surface area (Å²) in [6.45, 7) is 7.30. The summed E-state index contributed by atoms with van der Waals surface area (Å²) >= 11 is 0. The molecule has 5 amide bonds. The number of carbonyl (C=O) groups is 6. The molecule has 3 aliphatic rings. The minimum absolute atomic E-state index is 0.0102. The van der Waals surface area contributed by atoms with Crippen molar-refractivity contribution in [2.75, 3.05) is 13.7 Å². The second kappa shape index (κ2) is 19.0. The number of ketones is 1. The van der Waals surface area contributed by atoms with Crippen molar-refractivity contribution in [1.29, 1.82) is 0 Å². The van der Waals surface area contributed by atoms with E-state index < -0.39 is 71.0 Å². The van der Waals surface area contributed by atoms with Crippen molar-refractivity contribution in [2.45, 2.75) is 128 Å². The monoisotopic (exact) mass is 811 g/mol. The van der Waals surface area contributed by atoms with Crippen molar-refractivity contribution in [3.8, 4) is 11.5 Å². The summed E-state index contributed by atoms with van der Waals surface area (Å²) in [5, 5.41) is 13.0. The molecule has 1 saturated heterocycles. The molecule has 316 valence electrons. The maximum absolute atomic E-state index is 15.0. The van der Waals surface area contributed by atoms with Gasteiger partial charge in [0.15, 0.2) is 0 Å². The van der Waals surface area contributed by atoms with Crippen LogP contribution in [-0.2, 0) is 24.0 Å². The molecular formula is C44H57N7O8. The second-order valence-corrected chi connectivity index (χ2v) is 17.0. The Kier molecular flexibility index (Phi) is 13.8. The van der Waals surface area contributed by atoms with Crippen molar-refractivity contribution < 1.29 is 38.2 Å². The highest BCUT2D eigenvalue weighted by Gasteiger charge is 2.47. The van der Waals surface area contributed by atoms with Crippen LogP contribution in [0.1, 0.15) is 102 Å². The van der Waals surface area contributed by atoms with Crippen molar-refractivity contribution in [2.24, 2.45) is 11.3 Å². The molecule has 2 aliphatic carbocycles. The quantitative estimate of drug-likeness (QED) is 0.153. The maximum atomic E-state index is 15.0. The van der Waals surface area contributed by atoms with E-state index in [4.69, 9.17) is 9.47 Å². The fourth-order valence-electron chi connectivity index (χ4n) is 8.09. The van der Waals surface area contributed by atoms with E-state index in [1.165, 1.54) is 23.5 Å². The van der Waals surface area contributed by atoms with Gasteiger partial charge in [-0.15, -0.1) is 0 Å². The first-order valence-corrected chi connectivity index (χ1v) is 20.8. The highest BCUT2D eigenvalue weighted by molar-refractivity contribution is 6.38.